The van der Waals surface area contributed by atoms with Gasteiger partial charge in [-0.3, -0.25) is 19.7 Å². The first kappa shape index (κ1) is 25.4. The first-order chi connectivity index (χ1) is 16.5. The van der Waals surface area contributed by atoms with Gasteiger partial charge in [0, 0.05) is 42.2 Å². The van der Waals surface area contributed by atoms with E-state index in [1.807, 2.05) is 38.2 Å². The fourth-order valence-electron chi connectivity index (χ4n) is 3.93. The van der Waals surface area contributed by atoms with Gasteiger partial charge in [0.2, 0.25) is 0 Å². The zero-order valence-electron chi connectivity index (χ0n) is 19.2. The Balaban J connectivity index is 0.000000198. The molecule has 35 heavy (non-hydrogen) atoms. The third-order valence-electron chi connectivity index (χ3n) is 5.82. The first-order valence-corrected chi connectivity index (χ1v) is 10.8. The molecule has 0 bridgehead atoms. The summed E-state index contributed by atoms with van der Waals surface area (Å²) >= 11 is 0. The maximum atomic E-state index is 11.0. The molecule has 184 valence electrons. The molecule has 0 fully saturated rings. The number of aliphatic carboxylic acids is 2. The van der Waals surface area contributed by atoms with Crippen molar-refractivity contribution in [1.82, 2.24) is 9.97 Å². The van der Waals surface area contributed by atoms with Crippen molar-refractivity contribution in [2.24, 2.45) is 11.5 Å². The second-order valence-electron chi connectivity index (χ2n) is 8.33. The zero-order chi connectivity index (χ0) is 25.9. The molecule has 11 nitrogen and oxygen atoms in total. The molecule has 0 amide bonds. The van der Waals surface area contributed by atoms with Gasteiger partial charge in [-0.1, -0.05) is 24.3 Å². The average Bonchev–Trinajstić information content (AvgIpc) is 3.40. The summed E-state index contributed by atoms with van der Waals surface area (Å²) in [5.41, 5.74) is 16.1. The maximum Gasteiger partial charge on any atom is 0.320 e. The monoisotopic (exact) mass is 481 g/mol. The van der Waals surface area contributed by atoms with Crippen LogP contribution < -0.4 is 11.5 Å². The highest BCUT2D eigenvalue weighted by Crippen LogP contribution is 2.31. The van der Waals surface area contributed by atoms with Crippen LogP contribution in [0.2, 0.25) is 0 Å². The van der Waals surface area contributed by atoms with Crippen LogP contribution in [0.25, 0.3) is 21.8 Å². The number of carboxylic acid groups (broad SMARTS) is 2. The number of para-hydroxylation sites is 1. The predicted molar refractivity (Wildman–Crippen MR) is 131 cm³/mol. The molecular formula is C24H27N5O6. The Morgan fingerprint density at radius 2 is 1.46 bits per heavy atom. The lowest BCUT2D eigenvalue weighted by atomic mass is 10.0. The summed E-state index contributed by atoms with van der Waals surface area (Å²) < 4.78 is 0. The number of aryl methyl sites for hydroxylation is 2. The second-order valence-corrected chi connectivity index (χ2v) is 8.33. The lowest BCUT2D eigenvalue weighted by Gasteiger charge is -2.05. The molecule has 2 aromatic carbocycles. The molecule has 0 aliphatic rings. The summed E-state index contributed by atoms with van der Waals surface area (Å²) in [6.07, 6.45) is 3.80. The minimum Gasteiger partial charge on any atom is -0.480 e. The molecule has 0 radical (unpaired) electrons. The van der Waals surface area contributed by atoms with Crippen molar-refractivity contribution in [3.05, 3.63) is 75.1 Å². The van der Waals surface area contributed by atoms with Crippen molar-refractivity contribution < 1.29 is 24.7 Å². The Morgan fingerprint density at radius 1 is 0.914 bits per heavy atom. The van der Waals surface area contributed by atoms with E-state index >= 15 is 0 Å². The Hall–Kier alpha value is -4.22. The van der Waals surface area contributed by atoms with Gasteiger partial charge in [-0.15, -0.1) is 0 Å². The smallest absolute Gasteiger partial charge is 0.320 e. The van der Waals surface area contributed by atoms with Crippen LogP contribution in [0, 0.1) is 24.0 Å². The zero-order valence-corrected chi connectivity index (χ0v) is 19.2. The summed E-state index contributed by atoms with van der Waals surface area (Å²) in [5.74, 6) is -2.10. The predicted octanol–water partition coefficient (Wildman–Crippen LogP) is 2.77. The lowest BCUT2D eigenvalue weighted by Crippen LogP contribution is -2.32. The Bertz CT molecular complexity index is 1410. The van der Waals surface area contributed by atoms with Gasteiger partial charge in [0.05, 0.1) is 15.8 Å². The number of hydrogen-bond acceptors (Lipinski definition) is 6. The molecule has 4 aromatic rings. The number of carbonyl (C=O) groups is 2. The van der Waals surface area contributed by atoms with E-state index in [0.717, 1.165) is 27.6 Å². The molecule has 11 heteroatoms. The highest BCUT2D eigenvalue weighted by atomic mass is 16.6. The van der Waals surface area contributed by atoms with Crippen molar-refractivity contribution in [3.63, 3.8) is 0 Å². The van der Waals surface area contributed by atoms with Gasteiger partial charge < -0.3 is 31.6 Å². The third-order valence-corrected chi connectivity index (χ3v) is 5.82. The summed E-state index contributed by atoms with van der Waals surface area (Å²) in [4.78, 5) is 38.1. The minimum atomic E-state index is -1.13. The van der Waals surface area contributed by atoms with E-state index in [-0.39, 0.29) is 12.1 Å². The Labute approximate surface area is 199 Å². The molecule has 0 spiro atoms. The number of nitrogens with two attached hydrogens (primary N) is 2. The first-order valence-electron chi connectivity index (χ1n) is 10.8. The average molecular weight is 482 g/mol. The molecule has 0 aliphatic carbocycles. The number of nitro benzene ring substituents is 1. The molecule has 2 aromatic heterocycles. The second kappa shape index (κ2) is 10.4. The van der Waals surface area contributed by atoms with Crippen LogP contribution in [0.15, 0.2) is 42.7 Å². The molecule has 0 saturated carbocycles. The fraction of sp³-hybridized carbons (Fsp3) is 0.250. The third kappa shape index (κ3) is 5.48. The van der Waals surface area contributed by atoms with Crippen molar-refractivity contribution in [3.8, 4) is 0 Å². The number of nitrogens with one attached hydrogen (secondary N) is 2. The van der Waals surface area contributed by atoms with Crippen LogP contribution in [0.4, 0.5) is 5.69 Å². The minimum absolute atomic E-state index is 0.0413. The number of non-ortho nitro benzene ring substituents is 1. The van der Waals surface area contributed by atoms with Crippen molar-refractivity contribution in [2.45, 2.75) is 38.8 Å². The van der Waals surface area contributed by atoms with E-state index in [9.17, 15) is 19.7 Å². The van der Waals surface area contributed by atoms with Crippen LogP contribution in [0.1, 0.15) is 22.3 Å². The highest BCUT2D eigenvalue weighted by Gasteiger charge is 2.21. The highest BCUT2D eigenvalue weighted by molar-refractivity contribution is 5.94. The number of H-pyrrole nitrogens is 2. The van der Waals surface area contributed by atoms with E-state index in [1.54, 1.807) is 12.3 Å². The Morgan fingerprint density at radius 3 is 2.06 bits per heavy atom. The van der Waals surface area contributed by atoms with Crippen LogP contribution >= 0.6 is 0 Å². The van der Waals surface area contributed by atoms with Crippen LogP contribution in [0.5, 0.6) is 0 Å². The van der Waals surface area contributed by atoms with Crippen LogP contribution in [-0.2, 0) is 22.4 Å². The number of nitro groups is 1. The SMILES string of the molecule is Cc1ccc([N+](=O)[O-])c2c(CC(N)C(=O)O)c[nH]c12.Cc1cccc2c(CC(N)C(=O)O)c[nH]c12. The summed E-state index contributed by atoms with van der Waals surface area (Å²) in [7, 11) is 0. The molecule has 8 N–H and O–H groups in total. The topological polar surface area (TPSA) is 201 Å². The largest absolute Gasteiger partial charge is 0.480 e. The number of rotatable bonds is 7. The van der Waals surface area contributed by atoms with Gasteiger partial charge in [0.15, 0.2) is 0 Å². The van der Waals surface area contributed by atoms with Gasteiger partial charge in [0.25, 0.3) is 5.69 Å². The molecule has 2 atom stereocenters. The normalized spacial score (nSPS) is 12.7. The van der Waals surface area contributed by atoms with Crippen molar-refractivity contribution in [2.75, 3.05) is 0 Å². The molecule has 4 rings (SSSR count). The number of aromatic amines is 2. The summed E-state index contributed by atoms with van der Waals surface area (Å²) in [6, 6.07) is 7.08. The van der Waals surface area contributed by atoms with E-state index in [2.05, 4.69) is 9.97 Å². The van der Waals surface area contributed by atoms with Crippen molar-refractivity contribution >= 4 is 39.4 Å². The van der Waals surface area contributed by atoms with Gasteiger partial charge in [-0.2, -0.15) is 0 Å². The lowest BCUT2D eigenvalue weighted by molar-refractivity contribution is -0.383. The summed E-state index contributed by atoms with van der Waals surface area (Å²) in [6.45, 7) is 3.84. The van der Waals surface area contributed by atoms with Gasteiger partial charge in [0.1, 0.15) is 12.1 Å². The number of aromatic nitrogens is 2. The van der Waals surface area contributed by atoms with Crippen LogP contribution in [-0.4, -0.2) is 49.1 Å². The fourth-order valence-corrected chi connectivity index (χ4v) is 3.93. The molecule has 2 unspecified atom stereocenters. The van der Waals surface area contributed by atoms with Gasteiger partial charge in [-0.25, -0.2) is 0 Å². The van der Waals surface area contributed by atoms with Crippen LogP contribution in [0.3, 0.4) is 0 Å². The quantitative estimate of drug-likeness (QED) is 0.171. The van der Waals surface area contributed by atoms with E-state index in [4.69, 9.17) is 21.7 Å². The van der Waals surface area contributed by atoms with E-state index < -0.39 is 28.9 Å². The number of fused-ring (bicyclic) bond motifs is 2. The molecule has 0 saturated heterocycles. The number of hydrogen-bond donors (Lipinski definition) is 6. The van der Waals surface area contributed by atoms with Crippen molar-refractivity contribution in [1.29, 1.82) is 0 Å². The molecule has 0 aliphatic heterocycles. The van der Waals surface area contributed by atoms with E-state index in [1.165, 1.54) is 6.07 Å². The maximum absolute atomic E-state index is 11.0. The number of benzene rings is 2. The Kier molecular flexibility index (Phi) is 7.52. The molecule has 2 heterocycles. The van der Waals surface area contributed by atoms with Gasteiger partial charge >= 0.3 is 11.9 Å². The standard InChI is InChI=1S/C12H13N3O4.C12H14N2O2/c1-6-2-3-9(15(18)19)10-7(5-14-11(6)10)4-8(13)12(16)17;1-7-3-2-4-9-8(6-14-11(7)9)5-10(13)12(15)16/h2-3,5,8,14H,4,13H2,1H3,(H,16,17);2-4,6,10,14H,5,13H2,1H3,(H,15,16). The summed E-state index contributed by atoms with van der Waals surface area (Å²) in [5, 5.41) is 30.1. The number of nitrogens with zero attached hydrogens (tertiary/aromatic N) is 1. The molecular weight excluding hydrogens is 454 g/mol. The number of carboxylic acids is 2. The van der Waals surface area contributed by atoms with E-state index in [0.29, 0.717) is 22.9 Å². The van der Waals surface area contributed by atoms with Gasteiger partial charge in [-0.05, 0) is 36.1 Å².